The summed E-state index contributed by atoms with van der Waals surface area (Å²) in [6, 6.07) is 14.1. The van der Waals surface area contributed by atoms with Crippen molar-refractivity contribution < 1.29 is 0 Å². The molecule has 3 rings (SSSR count). The number of nitrogens with one attached hydrogen (secondary N) is 1. The highest BCUT2D eigenvalue weighted by Crippen LogP contribution is 2.25. The number of aromatic nitrogens is 2. The first-order chi connectivity index (χ1) is 9.19. The van der Waals surface area contributed by atoms with Crippen LogP contribution in [0.4, 0.5) is 0 Å². The van der Waals surface area contributed by atoms with Gasteiger partial charge in [-0.25, -0.2) is 4.98 Å². The van der Waals surface area contributed by atoms with Crippen molar-refractivity contribution in [1.82, 2.24) is 9.97 Å². The fourth-order valence-electron chi connectivity index (χ4n) is 2.24. The average Bonchev–Trinajstić information content (AvgIpc) is 2.85. The number of fused-ring (bicyclic) bond motifs is 1. The minimum atomic E-state index is 0.602. The molecule has 0 bridgehead atoms. The number of hydrogen-bond donors (Lipinski definition) is 1. The summed E-state index contributed by atoms with van der Waals surface area (Å²) in [4.78, 5) is 7.87. The van der Waals surface area contributed by atoms with Crippen LogP contribution in [0.25, 0.3) is 22.4 Å². The molecular weight excluding hydrogens is 234 g/mol. The molecule has 0 aliphatic carbocycles. The second-order valence-corrected chi connectivity index (χ2v) is 4.72. The van der Waals surface area contributed by atoms with Crippen LogP contribution in [-0.2, 0) is 0 Å². The number of nitriles is 1. The fraction of sp³-hybridized carbons (Fsp3) is 0.125. The van der Waals surface area contributed by atoms with E-state index >= 15 is 0 Å². The number of aryl methyl sites for hydroxylation is 2. The van der Waals surface area contributed by atoms with E-state index in [2.05, 4.69) is 48.1 Å². The van der Waals surface area contributed by atoms with Crippen molar-refractivity contribution in [3.8, 4) is 17.5 Å². The van der Waals surface area contributed by atoms with Gasteiger partial charge < -0.3 is 4.98 Å². The normalized spacial score (nSPS) is 10.6. The summed E-state index contributed by atoms with van der Waals surface area (Å²) in [5, 5.41) is 9.11. The number of hydrogen-bond acceptors (Lipinski definition) is 2. The molecule has 0 amide bonds. The molecule has 19 heavy (non-hydrogen) atoms. The Morgan fingerprint density at radius 3 is 2.79 bits per heavy atom. The van der Waals surface area contributed by atoms with Crippen LogP contribution >= 0.6 is 0 Å². The number of H-pyrrole nitrogens is 1. The molecular formula is C16H13N3. The Morgan fingerprint density at radius 1 is 1.16 bits per heavy atom. The summed E-state index contributed by atoms with van der Waals surface area (Å²) in [6.45, 7) is 4.12. The minimum Gasteiger partial charge on any atom is -0.338 e. The highest BCUT2D eigenvalue weighted by molar-refractivity contribution is 5.84. The van der Waals surface area contributed by atoms with Crippen molar-refractivity contribution in [2.24, 2.45) is 0 Å². The van der Waals surface area contributed by atoms with Gasteiger partial charge in [-0.2, -0.15) is 5.26 Å². The van der Waals surface area contributed by atoms with Crippen LogP contribution in [0.1, 0.15) is 16.7 Å². The molecule has 0 fully saturated rings. The smallest absolute Gasteiger partial charge is 0.138 e. The van der Waals surface area contributed by atoms with Crippen LogP contribution in [0, 0.1) is 25.2 Å². The van der Waals surface area contributed by atoms with Gasteiger partial charge in [0, 0.05) is 5.56 Å². The Labute approximate surface area is 111 Å². The van der Waals surface area contributed by atoms with Crippen LogP contribution in [0.2, 0.25) is 0 Å². The fourth-order valence-corrected chi connectivity index (χ4v) is 2.24. The molecule has 0 saturated heterocycles. The average molecular weight is 247 g/mol. The highest BCUT2D eigenvalue weighted by atomic mass is 14.9. The number of para-hydroxylation sites is 1. The van der Waals surface area contributed by atoms with E-state index in [4.69, 9.17) is 5.26 Å². The third kappa shape index (κ3) is 1.88. The van der Waals surface area contributed by atoms with Gasteiger partial charge in [-0.3, -0.25) is 0 Å². The lowest BCUT2D eigenvalue weighted by molar-refractivity contribution is 1.29. The zero-order chi connectivity index (χ0) is 13.4. The lowest BCUT2D eigenvalue weighted by atomic mass is 10.1. The molecule has 0 aliphatic rings. The number of nitrogens with zero attached hydrogens (tertiary/aromatic N) is 2. The zero-order valence-corrected chi connectivity index (χ0v) is 10.9. The van der Waals surface area contributed by atoms with Gasteiger partial charge in [-0.15, -0.1) is 0 Å². The van der Waals surface area contributed by atoms with Crippen LogP contribution in [0.5, 0.6) is 0 Å². The lowest BCUT2D eigenvalue weighted by Crippen LogP contribution is -1.86. The third-order valence-corrected chi connectivity index (χ3v) is 3.28. The summed E-state index contributed by atoms with van der Waals surface area (Å²) >= 11 is 0. The molecule has 1 N–H and O–H groups in total. The molecule has 0 spiro atoms. The Balaban J connectivity index is 2.27. The van der Waals surface area contributed by atoms with Gasteiger partial charge in [0.1, 0.15) is 17.4 Å². The summed E-state index contributed by atoms with van der Waals surface area (Å²) < 4.78 is 0. The molecule has 3 aromatic rings. The Bertz CT molecular complexity index is 806. The monoisotopic (exact) mass is 247 g/mol. The van der Waals surface area contributed by atoms with Gasteiger partial charge in [0.15, 0.2) is 0 Å². The van der Waals surface area contributed by atoms with Gasteiger partial charge in [0.05, 0.1) is 11.1 Å². The van der Waals surface area contributed by atoms with E-state index in [-0.39, 0.29) is 0 Å². The quantitative estimate of drug-likeness (QED) is 0.712. The maximum atomic E-state index is 9.11. The molecule has 1 heterocycles. The van der Waals surface area contributed by atoms with Gasteiger partial charge in [-0.05, 0) is 37.6 Å². The van der Waals surface area contributed by atoms with Gasteiger partial charge in [-0.1, -0.05) is 23.8 Å². The molecule has 1 aromatic heterocycles. The second kappa shape index (κ2) is 4.25. The Hall–Kier alpha value is -2.60. The van der Waals surface area contributed by atoms with E-state index < -0.39 is 0 Å². The number of imidazole rings is 1. The van der Waals surface area contributed by atoms with Crippen molar-refractivity contribution in [3.05, 3.63) is 53.1 Å². The first-order valence-electron chi connectivity index (χ1n) is 6.15. The molecule has 3 heteroatoms. The maximum Gasteiger partial charge on any atom is 0.138 e. The van der Waals surface area contributed by atoms with Gasteiger partial charge >= 0.3 is 0 Å². The molecule has 0 aliphatic heterocycles. The van der Waals surface area contributed by atoms with Gasteiger partial charge in [0.25, 0.3) is 0 Å². The summed E-state index contributed by atoms with van der Waals surface area (Å²) in [5.74, 6) is 0.818. The van der Waals surface area contributed by atoms with E-state index in [1.807, 2.05) is 12.1 Å². The summed E-state index contributed by atoms with van der Waals surface area (Å²) in [6.07, 6.45) is 0. The van der Waals surface area contributed by atoms with Crippen molar-refractivity contribution in [3.63, 3.8) is 0 Å². The maximum absolute atomic E-state index is 9.11. The first-order valence-corrected chi connectivity index (χ1v) is 6.15. The predicted octanol–water partition coefficient (Wildman–Crippen LogP) is 3.72. The van der Waals surface area contributed by atoms with E-state index in [0.717, 1.165) is 22.4 Å². The number of aromatic amines is 1. The van der Waals surface area contributed by atoms with E-state index in [1.165, 1.54) is 11.1 Å². The molecule has 2 aromatic carbocycles. The SMILES string of the molecule is Cc1ccc(C)c(-c2nc3c(C#N)cccc3[nH]2)c1. The first kappa shape index (κ1) is 11.5. The van der Waals surface area contributed by atoms with E-state index in [9.17, 15) is 0 Å². The van der Waals surface area contributed by atoms with Crippen molar-refractivity contribution in [2.75, 3.05) is 0 Å². The highest BCUT2D eigenvalue weighted by Gasteiger charge is 2.10. The van der Waals surface area contributed by atoms with Crippen LogP contribution in [0.3, 0.4) is 0 Å². The van der Waals surface area contributed by atoms with Crippen LogP contribution in [0.15, 0.2) is 36.4 Å². The largest absolute Gasteiger partial charge is 0.338 e. The van der Waals surface area contributed by atoms with Gasteiger partial charge in [0.2, 0.25) is 0 Å². The number of rotatable bonds is 1. The minimum absolute atomic E-state index is 0.602. The summed E-state index contributed by atoms with van der Waals surface area (Å²) in [5.41, 5.74) is 5.69. The Kier molecular flexibility index (Phi) is 2.57. The topological polar surface area (TPSA) is 52.5 Å². The van der Waals surface area contributed by atoms with Crippen molar-refractivity contribution >= 4 is 11.0 Å². The molecule has 0 saturated carbocycles. The molecule has 3 nitrogen and oxygen atoms in total. The molecule has 0 unspecified atom stereocenters. The zero-order valence-electron chi connectivity index (χ0n) is 10.9. The van der Waals surface area contributed by atoms with Crippen LogP contribution in [-0.4, -0.2) is 9.97 Å². The molecule has 92 valence electrons. The van der Waals surface area contributed by atoms with Crippen molar-refractivity contribution in [1.29, 1.82) is 5.26 Å². The molecule has 0 radical (unpaired) electrons. The summed E-state index contributed by atoms with van der Waals surface area (Å²) in [7, 11) is 0. The molecule has 0 atom stereocenters. The predicted molar refractivity (Wildman–Crippen MR) is 75.7 cm³/mol. The standard InChI is InChI=1S/C16H13N3/c1-10-6-7-11(2)13(8-10)16-18-14-5-3-4-12(9-17)15(14)19-16/h3-8H,1-2H3,(H,18,19). The Morgan fingerprint density at radius 2 is 2.00 bits per heavy atom. The number of benzene rings is 2. The van der Waals surface area contributed by atoms with Crippen LogP contribution < -0.4 is 0 Å². The van der Waals surface area contributed by atoms with E-state index in [1.54, 1.807) is 6.07 Å². The third-order valence-electron chi connectivity index (χ3n) is 3.28. The second-order valence-electron chi connectivity index (χ2n) is 4.72. The van der Waals surface area contributed by atoms with E-state index in [0.29, 0.717) is 5.56 Å². The lowest BCUT2D eigenvalue weighted by Gasteiger charge is -2.03. The van der Waals surface area contributed by atoms with Crippen molar-refractivity contribution in [2.45, 2.75) is 13.8 Å².